The zero-order chi connectivity index (χ0) is 18.8. The summed E-state index contributed by atoms with van der Waals surface area (Å²) in [7, 11) is 0. The van der Waals surface area contributed by atoms with Crippen molar-refractivity contribution in [2.45, 2.75) is 26.3 Å². The van der Waals surface area contributed by atoms with E-state index < -0.39 is 11.9 Å². The highest BCUT2D eigenvalue weighted by molar-refractivity contribution is 8.13. The highest BCUT2D eigenvalue weighted by atomic mass is 32.2. The number of thioether (sulfide) groups is 1. The summed E-state index contributed by atoms with van der Waals surface area (Å²) in [5.74, 6) is -0.00770. The maximum atomic E-state index is 12.2. The Bertz CT molecular complexity index is 590. The lowest BCUT2D eigenvalue weighted by Crippen LogP contribution is -2.45. The molecule has 25 heavy (non-hydrogen) atoms. The van der Waals surface area contributed by atoms with Crippen molar-refractivity contribution in [2.24, 2.45) is 17.4 Å². The summed E-state index contributed by atoms with van der Waals surface area (Å²) < 4.78 is 0. The van der Waals surface area contributed by atoms with E-state index in [1.165, 1.54) is 11.8 Å². The summed E-state index contributed by atoms with van der Waals surface area (Å²) in [5.41, 5.74) is 11.9. The first-order chi connectivity index (χ1) is 11.8. The van der Waals surface area contributed by atoms with Gasteiger partial charge in [-0.2, -0.15) is 0 Å². The summed E-state index contributed by atoms with van der Waals surface area (Å²) >= 11 is 1.18. The first-order valence-electron chi connectivity index (χ1n) is 8.13. The Morgan fingerprint density at radius 1 is 1.16 bits per heavy atom. The lowest BCUT2D eigenvalue weighted by atomic mass is 10.0. The lowest BCUT2D eigenvalue weighted by molar-refractivity contribution is -0.120. The monoisotopic (exact) mass is 366 g/mol. The number of nitrogens with one attached hydrogen (secondary N) is 2. The number of primary amides is 1. The van der Waals surface area contributed by atoms with Crippen molar-refractivity contribution in [3.63, 3.8) is 0 Å². The molecule has 0 heterocycles. The number of amides is 2. The molecule has 138 valence electrons. The third-order valence-electron chi connectivity index (χ3n) is 3.36. The van der Waals surface area contributed by atoms with Gasteiger partial charge in [0.2, 0.25) is 11.0 Å². The van der Waals surface area contributed by atoms with Crippen LogP contribution in [0.1, 0.15) is 30.6 Å². The van der Waals surface area contributed by atoms with Gasteiger partial charge in [-0.3, -0.25) is 14.4 Å². The highest BCUT2D eigenvalue weighted by Crippen LogP contribution is 2.11. The molecule has 2 amide bonds. The molecule has 8 heteroatoms. The SMILES string of the molecule is CC(C)C[C@H](NC(=O)c1ccc(NCCSC(=O)CN)cc1)C(N)=O. The zero-order valence-corrected chi connectivity index (χ0v) is 15.4. The van der Waals surface area contributed by atoms with Crippen LogP contribution in [0.25, 0.3) is 0 Å². The number of carbonyl (C=O) groups excluding carboxylic acids is 3. The minimum atomic E-state index is -0.678. The predicted molar refractivity (Wildman–Crippen MR) is 101 cm³/mol. The smallest absolute Gasteiger partial charge is 0.251 e. The van der Waals surface area contributed by atoms with Crippen molar-refractivity contribution in [3.8, 4) is 0 Å². The molecule has 0 aliphatic carbocycles. The normalized spacial score (nSPS) is 11.8. The van der Waals surface area contributed by atoms with Gasteiger partial charge < -0.3 is 22.1 Å². The molecule has 7 nitrogen and oxygen atoms in total. The molecule has 0 saturated carbocycles. The van der Waals surface area contributed by atoms with E-state index in [1.807, 2.05) is 13.8 Å². The summed E-state index contributed by atoms with van der Waals surface area (Å²) in [6, 6.07) is 6.20. The minimum absolute atomic E-state index is 0.0393. The first-order valence-corrected chi connectivity index (χ1v) is 9.11. The number of hydrogen-bond donors (Lipinski definition) is 4. The Morgan fingerprint density at radius 2 is 1.80 bits per heavy atom. The van der Waals surface area contributed by atoms with Gasteiger partial charge in [0, 0.05) is 23.5 Å². The molecule has 1 atom stereocenters. The van der Waals surface area contributed by atoms with Crippen LogP contribution in [-0.2, 0) is 9.59 Å². The van der Waals surface area contributed by atoms with Crippen molar-refractivity contribution in [2.75, 3.05) is 24.2 Å². The highest BCUT2D eigenvalue weighted by Gasteiger charge is 2.19. The Morgan fingerprint density at radius 3 is 2.32 bits per heavy atom. The average molecular weight is 366 g/mol. The van der Waals surface area contributed by atoms with Crippen LogP contribution in [0, 0.1) is 5.92 Å². The van der Waals surface area contributed by atoms with Gasteiger partial charge in [-0.05, 0) is 36.6 Å². The number of carbonyl (C=O) groups is 3. The van der Waals surface area contributed by atoms with E-state index in [1.54, 1.807) is 24.3 Å². The fourth-order valence-electron chi connectivity index (χ4n) is 2.12. The van der Waals surface area contributed by atoms with E-state index in [0.29, 0.717) is 24.3 Å². The number of benzene rings is 1. The van der Waals surface area contributed by atoms with Gasteiger partial charge in [0.15, 0.2) is 0 Å². The Hall–Kier alpha value is -2.06. The molecule has 0 unspecified atom stereocenters. The molecule has 1 aromatic carbocycles. The van der Waals surface area contributed by atoms with Crippen LogP contribution < -0.4 is 22.1 Å². The van der Waals surface area contributed by atoms with E-state index in [9.17, 15) is 14.4 Å². The number of rotatable bonds is 10. The fourth-order valence-corrected chi connectivity index (χ4v) is 2.67. The third kappa shape index (κ3) is 8.04. The van der Waals surface area contributed by atoms with Gasteiger partial charge in [-0.1, -0.05) is 25.6 Å². The molecule has 1 aromatic rings. The summed E-state index contributed by atoms with van der Waals surface area (Å²) in [6.07, 6.45) is 0.500. The first kappa shape index (κ1) is 21.0. The van der Waals surface area contributed by atoms with Crippen LogP contribution in [0.2, 0.25) is 0 Å². The number of nitrogens with two attached hydrogens (primary N) is 2. The molecule has 0 radical (unpaired) electrons. The molecule has 0 spiro atoms. The van der Waals surface area contributed by atoms with Crippen molar-refractivity contribution < 1.29 is 14.4 Å². The van der Waals surface area contributed by atoms with Gasteiger partial charge in [0.25, 0.3) is 5.91 Å². The molecule has 0 aliphatic heterocycles. The molecule has 0 aromatic heterocycles. The van der Waals surface area contributed by atoms with Crippen LogP contribution in [0.15, 0.2) is 24.3 Å². The third-order valence-corrected chi connectivity index (χ3v) is 4.26. The molecule has 1 rings (SSSR count). The Balaban J connectivity index is 2.52. The maximum Gasteiger partial charge on any atom is 0.251 e. The van der Waals surface area contributed by atoms with Crippen LogP contribution in [0.3, 0.4) is 0 Å². The molecule has 6 N–H and O–H groups in total. The van der Waals surface area contributed by atoms with Crippen LogP contribution in [0.4, 0.5) is 5.69 Å². The summed E-state index contributed by atoms with van der Waals surface area (Å²) in [6.45, 7) is 4.57. The van der Waals surface area contributed by atoms with Gasteiger partial charge in [-0.15, -0.1) is 0 Å². The van der Waals surface area contributed by atoms with Gasteiger partial charge in [0.1, 0.15) is 6.04 Å². The van der Waals surface area contributed by atoms with E-state index >= 15 is 0 Å². The van der Waals surface area contributed by atoms with E-state index in [0.717, 1.165) is 5.69 Å². The number of hydrogen-bond acceptors (Lipinski definition) is 6. The Labute approximate surface area is 152 Å². The van der Waals surface area contributed by atoms with Gasteiger partial charge in [-0.25, -0.2) is 0 Å². The largest absolute Gasteiger partial charge is 0.384 e. The topological polar surface area (TPSA) is 127 Å². The van der Waals surface area contributed by atoms with Crippen molar-refractivity contribution in [3.05, 3.63) is 29.8 Å². The lowest BCUT2D eigenvalue weighted by Gasteiger charge is -2.17. The standard InChI is InChI=1S/C17H26N4O3S/c1-11(2)9-14(16(19)23)21-17(24)12-3-5-13(6-4-12)20-7-8-25-15(22)10-18/h3-6,11,14,20H,7-10,18H2,1-2H3,(H2,19,23)(H,21,24)/t14-/m0/s1. The fraction of sp³-hybridized carbons (Fsp3) is 0.471. The molecule has 0 fully saturated rings. The van der Waals surface area contributed by atoms with E-state index in [2.05, 4.69) is 10.6 Å². The second kappa shape index (κ2) is 10.7. The van der Waals surface area contributed by atoms with Crippen LogP contribution in [-0.4, -0.2) is 41.8 Å². The van der Waals surface area contributed by atoms with E-state index in [-0.39, 0.29) is 23.5 Å². The van der Waals surface area contributed by atoms with Gasteiger partial charge in [0.05, 0.1) is 6.54 Å². The summed E-state index contributed by atoms with van der Waals surface area (Å²) in [5, 5.41) is 5.78. The predicted octanol–water partition coefficient (Wildman–Crippen LogP) is 0.947. The molecule has 0 aliphatic rings. The molecule has 0 bridgehead atoms. The van der Waals surface area contributed by atoms with E-state index in [4.69, 9.17) is 11.5 Å². The van der Waals surface area contributed by atoms with Crippen molar-refractivity contribution in [1.82, 2.24) is 5.32 Å². The van der Waals surface area contributed by atoms with Crippen LogP contribution in [0.5, 0.6) is 0 Å². The molecular formula is C17H26N4O3S. The van der Waals surface area contributed by atoms with Crippen LogP contribution >= 0.6 is 11.8 Å². The second-order valence-electron chi connectivity index (χ2n) is 5.99. The quantitative estimate of drug-likeness (QED) is 0.457. The Kier molecular flexibility index (Phi) is 9.01. The number of anilines is 1. The van der Waals surface area contributed by atoms with Gasteiger partial charge >= 0.3 is 0 Å². The maximum absolute atomic E-state index is 12.2. The van der Waals surface area contributed by atoms with Crippen molar-refractivity contribution >= 4 is 34.4 Å². The average Bonchev–Trinajstić information content (AvgIpc) is 2.57. The minimum Gasteiger partial charge on any atom is -0.384 e. The second-order valence-corrected chi connectivity index (χ2v) is 7.14. The molecular weight excluding hydrogens is 340 g/mol. The van der Waals surface area contributed by atoms with Crippen molar-refractivity contribution in [1.29, 1.82) is 0 Å². The molecule has 0 saturated heterocycles. The summed E-state index contributed by atoms with van der Waals surface area (Å²) in [4.78, 5) is 34.7. The zero-order valence-electron chi connectivity index (χ0n) is 14.6.